The number of hydrogen-bond donors (Lipinski definition) is 0. The van der Waals surface area contributed by atoms with Crippen LogP contribution in [0.3, 0.4) is 0 Å². The fourth-order valence-corrected chi connectivity index (χ4v) is 5.53. The minimum absolute atomic E-state index is 0.0656. The number of ether oxygens (including phenoxy) is 1. The molecule has 2 aromatic rings. The second-order valence-corrected chi connectivity index (χ2v) is 10.5. The average molecular weight is 439 g/mol. The maximum atomic E-state index is 14.6. The van der Waals surface area contributed by atoms with Crippen molar-refractivity contribution >= 4 is 6.03 Å². The van der Waals surface area contributed by atoms with Gasteiger partial charge in [-0.2, -0.15) is 5.10 Å². The number of carbonyl (C=O) groups is 1. The van der Waals surface area contributed by atoms with Crippen molar-refractivity contribution in [3.05, 3.63) is 35.8 Å². The Morgan fingerprint density at radius 1 is 1.06 bits per heavy atom. The molecule has 0 unspecified atom stereocenters. The summed E-state index contributed by atoms with van der Waals surface area (Å²) in [5.41, 5.74) is 0.963. The van der Waals surface area contributed by atoms with Crippen LogP contribution >= 0.6 is 0 Å². The standard InChI is InChI=1S/C23H27FN6O2/c24-19-18(14-1-2-14)5-6-25-21(19)32-17-9-28(10-17)22(31)29-11-23(12-29)7-16(8-23)30-13-26-20(27-30)15-3-4-15/h5-6,13-17H,1-4,7-12H2. The van der Waals surface area contributed by atoms with Gasteiger partial charge in [0.2, 0.25) is 0 Å². The smallest absolute Gasteiger partial charge is 0.320 e. The number of aromatic nitrogens is 4. The van der Waals surface area contributed by atoms with Crippen LogP contribution in [0.15, 0.2) is 18.6 Å². The monoisotopic (exact) mass is 438 g/mol. The Balaban J connectivity index is 0.883. The highest BCUT2D eigenvalue weighted by molar-refractivity contribution is 5.76. The van der Waals surface area contributed by atoms with Crippen molar-refractivity contribution in [2.24, 2.45) is 5.41 Å². The number of halogens is 1. The molecular formula is C23H27FN6O2. The Labute approximate surface area is 185 Å². The van der Waals surface area contributed by atoms with E-state index in [2.05, 4.69) is 15.1 Å². The molecule has 3 saturated carbocycles. The summed E-state index contributed by atoms with van der Waals surface area (Å²) in [6.45, 7) is 2.60. The Morgan fingerprint density at radius 2 is 1.81 bits per heavy atom. The molecule has 0 N–H and O–H groups in total. The van der Waals surface area contributed by atoms with Crippen molar-refractivity contribution in [1.82, 2.24) is 29.5 Å². The Kier molecular flexibility index (Phi) is 3.91. The molecule has 5 fully saturated rings. The highest BCUT2D eigenvalue weighted by Crippen LogP contribution is 2.54. The molecule has 0 atom stereocenters. The minimum Gasteiger partial charge on any atom is -0.468 e. The van der Waals surface area contributed by atoms with E-state index in [4.69, 9.17) is 4.74 Å². The van der Waals surface area contributed by atoms with Crippen LogP contribution in [0, 0.1) is 11.2 Å². The lowest BCUT2D eigenvalue weighted by Crippen LogP contribution is -2.69. The molecule has 2 saturated heterocycles. The van der Waals surface area contributed by atoms with Crippen LogP contribution in [-0.2, 0) is 0 Å². The molecule has 32 heavy (non-hydrogen) atoms. The normalized spacial score (nSPS) is 24.8. The molecule has 3 aliphatic carbocycles. The average Bonchev–Trinajstić information content (AvgIpc) is 3.62. The van der Waals surface area contributed by atoms with E-state index in [9.17, 15) is 9.18 Å². The zero-order chi connectivity index (χ0) is 21.4. The number of pyridine rings is 1. The number of hydrogen-bond acceptors (Lipinski definition) is 5. The van der Waals surface area contributed by atoms with Crippen molar-refractivity contribution in [2.45, 2.75) is 62.5 Å². The zero-order valence-electron chi connectivity index (χ0n) is 18.0. The molecule has 2 amide bonds. The second-order valence-electron chi connectivity index (χ2n) is 10.5. The van der Waals surface area contributed by atoms with Crippen LogP contribution in [0.5, 0.6) is 5.88 Å². The van der Waals surface area contributed by atoms with Gasteiger partial charge in [0.25, 0.3) is 5.88 Å². The topological polar surface area (TPSA) is 76.4 Å². The summed E-state index contributed by atoms with van der Waals surface area (Å²) in [6.07, 6.45) is 9.95. The lowest BCUT2D eigenvalue weighted by molar-refractivity contribution is -0.0819. The van der Waals surface area contributed by atoms with E-state index in [0.717, 1.165) is 44.6 Å². The molecule has 8 nitrogen and oxygen atoms in total. The summed E-state index contributed by atoms with van der Waals surface area (Å²) in [7, 11) is 0. The van der Waals surface area contributed by atoms with E-state index in [0.29, 0.717) is 36.5 Å². The predicted octanol–water partition coefficient (Wildman–Crippen LogP) is 3.09. The van der Waals surface area contributed by atoms with Crippen molar-refractivity contribution < 1.29 is 13.9 Å². The van der Waals surface area contributed by atoms with Crippen LogP contribution in [0.2, 0.25) is 0 Å². The van der Waals surface area contributed by atoms with Crippen molar-refractivity contribution in [3.8, 4) is 5.88 Å². The summed E-state index contributed by atoms with van der Waals surface area (Å²) < 4.78 is 22.4. The maximum absolute atomic E-state index is 14.6. The third kappa shape index (κ3) is 3.08. The fraction of sp³-hybridized carbons (Fsp3) is 0.652. The molecule has 0 aromatic carbocycles. The molecular weight excluding hydrogens is 411 g/mol. The first-order chi connectivity index (χ1) is 15.6. The third-order valence-electron chi connectivity index (χ3n) is 7.80. The lowest BCUT2D eigenvalue weighted by Gasteiger charge is -2.59. The molecule has 2 aliphatic heterocycles. The van der Waals surface area contributed by atoms with Gasteiger partial charge in [-0.05, 0) is 56.1 Å². The SMILES string of the molecule is O=C(N1CC(Oc2nccc(C3CC3)c2F)C1)N1CC2(CC(n3cnc(C4CC4)n3)C2)C1. The van der Waals surface area contributed by atoms with Crippen LogP contribution < -0.4 is 4.74 Å². The number of carbonyl (C=O) groups excluding carboxylic acids is 1. The number of rotatable bonds is 5. The number of urea groups is 1. The van der Waals surface area contributed by atoms with E-state index in [-0.39, 0.29) is 29.2 Å². The number of nitrogens with zero attached hydrogens (tertiary/aromatic N) is 6. The van der Waals surface area contributed by atoms with Crippen LogP contribution in [-0.4, -0.2) is 67.9 Å². The zero-order valence-corrected chi connectivity index (χ0v) is 18.0. The Morgan fingerprint density at radius 3 is 2.53 bits per heavy atom. The first-order valence-electron chi connectivity index (χ1n) is 11.8. The Hall–Kier alpha value is -2.71. The summed E-state index contributed by atoms with van der Waals surface area (Å²) in [5.74, 6) is 1.64. The first kappa shape index (κ1) is 18.8. The van der Waals surface area contributed by atoms with Gasteiger partial charge in [0.15, 0.2) is 11.6 Å². The summed E-state index contributed by atoms with van der Waals surface area (Å²) in [5, 5.41) is 4.66. The van der Waals surface area contributed by atoms with Gasteiger partial charge in [-0.1, -0.05) is 0 Å². The van der Waals surface area contributed by atoms with Gasteiger partial charge in [0, 0.05) is 30.6 Å². The van der Waals surface area contributed by atoms with Crippen LogP contribution in [0.25, 0.3) is 0 Å². The Bertz CT molecular complexity index is 1060. The van der Waals surface area contributed by atoms with E-state index in [1.54, 1.807) is 17.2 Å². The molecule has 1 spiro atoms. The maximum Gasteiger partial charge on any atom is 0.320 e. The first-order valence-corrected chi connectivity index (χ1v) is 11.8. The van der Waals surface area contributed by atoms with Crippen molar-refractivity contribution in [3.63, 3.8) is 0 Å². The van der Waals surface area contributed by atoms with Gasteiger partial charge in [0.1, 0.15) is 12.4 Å². The summed E-state index contributed by atoms with van der Waals surface area (Å²) >= 11 is 0. The van der Waals surface area contributed by atoms with Gasteiger partial charge < -0.3 is 14.5 Å². The van der Waals surface area contributed by atoms with E-state index < -0.39 is 0 Å². The highest BCUT2D eigenvalue weighted by atomic mass is 19.1. The number of amides is 2. The highest BCUT2D eigenvalue weighted by Gasteiger charge is 2.55. The largest absolute Gasteiger partial charge is 0.468 e. The lowest BCUT2D eigenvalue weighted by atomic mass is 9.61. The quantitative estimate of drug-likeness (QED) is 0.717. The molecule has 7 rings (SSSR count). The van der Waals surface area contributed by atoms with Gasteiger partial charge in [-0.25, -0.2) is 23.8 Å². The van der Waals surface area contributed by atoms with E-state index in [1.165, 1.54) is 12.8 Å². The van der Waals surface area contributed by atoms with Gasteiger partial charge in [-0.15, -0.1) is 0 Å². The molecule has 9 heteroatoms. The van der Waals surface area contributed by atoms with E-state index in [1.807, 2.05) is 15.9 Å². The molecule has 4 heterocycles. The summed E-state index contributed by atoms with van der Waals surface area (Å²) in [6, 6.07) is 2.23. The third-order valence-corrected chi connectivity index (χ3v) is 7.80. The van der Waals surface area contributed by atoms with Crippen molar-refractivity contribution in [1.29, 1.82) is 0 Å². The molecule has 0 radical (unpaired) electrons. The van der Waals surface area contributed by atoms with Crippen LogP contribution in [0.1, 0.15) is 67.8 Å². The van der Waals surface area contributed by atoms with Crippen LogP contribution in [0.4, 0.5) is 9.18 Å². The number of likely N-dealkylation sites (tertiary alicyclic amines) is 2. The van der Waals surface area contributed by atoms with Gasteiger partial charge in [-0.3, -0.25) is 0 Å². The van der Waals surface area contributed by atoms with Gasteiger partial charge in [0.05, 0.1) is 19.1 Å². The fourth-order valence-electron chi connectivity index (χ4n) is 5.53. The molecule has 168 valence electrons. The van der Waals surface area contributed by atoms with Gasteiger partial charge >= 0.3 is 6.03 Å². The van der Waals surface area contributed by atoms with E-state index >= 15 is 0 Å². The predicted molar refractivity (Wildman–Crippen MR) is 112 cm³/mol. The second kappa shape index (κ2) is 6.65. The summed E-state index contributed by atoms with van der Waals surface area (Å²) in [4.78, 5) is 25.0. The molecule has 2 aromatic heterocycles. The van der Waals surface area contributed by atoms with Crippen molar-refractivity contribution in [2.75, 3.05) is 26.2 Å². The molecule has 0 bridgehead atoms. The minimum atomic E-state index is -0.333. The molecule has 5 aliphatic rings.